The molecule has 0 bridgehead atoms. The first-order chi connectivity index (χ1) is 9.02. The minimum atomic E-state index is -0.463. The minimum absolute atomic E-state index is 0.247. The fraction of sp³-hybridized carbons (Fsp3) is 0.333. The van der Waals surface area contributed by atoms with Crippen molar-refractivity contribution in [3.8, 4) is 6.07 Å². The molecule has 7 nitrogen and oxygen atoms in total. The summed E-state index contributed by atoms with van der Waals surface area (Å²) in [7, 11) is 1.67. The fourth-order valence-electron chi connectivity index (χ4n) is 1.66. The van der Waals surface area contributed by atoms with Crippen LogP contribution < -0.4 is 5.32 Å². The Labute approximate surface area is 110 Å². The van der Waals surface area contributed by atoms with Gasteiger partial charge in [0.25, 0.3) is 0 Å². The van der Waals surface area contributed by atoms with E-state index in [4.69, 9.17) is 5.26 Å². The number of carbonyl (C=O) groups excluding carboxylic acids is 1. The molecule has 1 atom stereocenters. The largest absolute Gasteiger partial charge is 0.308 e. The Kier molecular flexibility index (Phi) is 3.33. The second kappa shape index (κ2) is 4.94. The van der Waals surface area contributed by atoms with Gasteiger partial charge in [-0.25, -0.2) is 0 Å². The molecular formula is C12H14N6O. The normalized spacial score (nSPS) is 11.9. The maximum atomic E-state index is 12.1. The predicted octanol–water partition coefficient (Wildman–Crippen LogP) is 0.996. The lowest BCUT2D eigenvalue weighted by Crippen LogP contribution is -2.25. The summed E-state index contributed by atoms with van der Waals surface area (Å²) in [6.07, 6.45) is 3.16. The van der Waals surface area contributed by atoms with Gasteiger partial charge in [0.1, 0.15) is 23.5 Å². The number of anilines is 1. The standard InChI is InChI=1S/C12H14N6O/c1-8-4-5-18(16-8)9(2)12(19)15-11-10(6-13)7-14-17(11)3/h4-5,7,9H,1-3H3,(H,15,19). The summed E-state index contributed by atoms with van der Waals surface area (Å²) in [4.78, 5) is 12.1. The molecule has 2 aromatic heterocycles. The van der Waals surface area contributed by atoms with E-state index in [9.17, 15) is 4.79 Å². The molecule has 1 unspecified atom stereocenters. The van der Waals surface area contributed by atoms with Gasteiger partial charge in [-0.2, -0.15) is 15.5 Å². The number of hydrogen-bond acceptors (Lipinski definition) is 4. The van der Waals surface area contributed by atoms with Gasteiger partial charge in [-0.15, -0.1) is 0 Å². The van der Waals surface area contributed by atoms with Gasteiger partial charge in [-0.1, -0.05) is 0 Å². The lowest BCUT2D eigenvalue weighted by Gasteiger charge is -2.13. The van der Waals surface area contributed by atoms with Gasteiger partial charge in [0.05, 0.1) is 11.9 Å². The summed E-state index contributed by atoms with van der Waals surface area (Å²) in [6, 6.07) is 3.35. The third kappa shape index (κ3) is 2.47. The number of aromatic nitrogens is 4. The molecule has 0 aromatic carbocycles. The Bertz CT molecular complexity index is 647. The number of amides is 1. The van der Waals surface area contributed by atoms with Crippen molar-refractivity contribution in [2.45, 2.75) is 19.9 Å². The highest BCUT2D eigenvalue weighted by Gasteiger charge is 2.19. The predicted molar refractivity (Wildman–Crippen MR) is 68.2 cm³/mol. The number of aryl methyl sites for hydroxylation is 2. The van der Waals surface area contributed by atoms with Gasteiger partial charge < -0.3 is 5.32 Å². The van der Waals surface area contributed by atoms with Gasteiger partial charge >= 0.3 is 0 Å². The van der Waals surface area contributed by atoms with Crippen LogP contribution in [-0.2, 0) is 11.8 Å². The summed E-state index contributed by atoms with van der Waals surface area (Å²) < 4.78 is 3.03. The first-order valence-corrected chi connectivity index (χ1v) is 5.77. The monoisotopic (exact) mass is 258 g/mol. The molecule has 7 heteroatoms. The molecule has 0 fully saturated rings. The Morgan fingerprint density at radius 1 is 1.58 bits per heavy atom. The average molecular weight is 258 g/mol. The molecule has 0 aliphatic carbocycles. The zero-order valence-corrected chi connectivity index (χ0v) is 11.0. The van der Waals surface area contributed by atoms with Crippen LogP contribution in [0.2, 0.25) is 0 Å². The summed E-state index contributed by atoms with van der Waals surface area (Å²) in [5, 5.41) is 19.8. The Hall–Kier alpha value is -2.62. The highest BCUT2D eigenvalue weighted by molar-refractivity contribution is 5.93. The van der Waals surface area contributed by atoms with E-state index in [1.54, 1.807) is 24.9 Å². The van der Waals surface area contributed by atoms with Crippen LogP contribution in [0.3, 0.4) is 0 Å². The summed E-state index contributed by atoms with van der Waals surface area (Å²) >= 11 is 0. The van der Waals surface area contributed by atoms with Crippen LogP contribution in [-0.4, -0.2) is 25.5 Å². The Balaban J connectivity index is 2.17. The maximum Gasteiger partial charge on any atom is 0.250 e. The molecule has 19 heavy (non-hydrogen) atoms. The van der Waals surface area contributed by atoms with E-state index in [1.807, 2.05) is 19.1 Å². The number of carbonyl (C=O) groups is 1. The molecule has 1 amide bonds. The smallest absolute Gasteiger partial charge is 0.250 e. The van der Waals surface area contributed by atoms with Gasteiger partial charge in [0, 0.05) is 13.2 Å². The molecule has 0 aliphatic rings. The van der Waals surface area contributed by atoms with Gasteiger partial charge in [0.15, 0.2) is 0 Å². The van der Waals surface area contributed by atoms with Crippen LogP contribution >= 0.6 is 0 Å². The molecule has 0 spiro atoms. The summed E-state index contributed by atoms with van der Waals surface area (Å²) in [6.45, 7) is 3.60. The molecule has 0 aliphatic heterocycles. The molecule has 0 radical (unpaired) electrons. The number of nitriles is 1. The summed E-state index contributed by atoms with van der Waals surface area (Å²) in [5.41, 5.74) is 1.18. The zero-order chi connectivity index (χ0) is 14.0. The van der Waals surface area contributed by atoms with Crippen molar-refractivity contribution in [1.29, 1.82) is 5.26 Å². The van der Waals surface area contributed by atoms with E-state index in [2.05, 4.69) is 15.5 Å². The molecule has 0 saturated carbocycles. The second-order valence-corrected chi connectivity index (χ2v) is 4.24. The number of rotatable bonds is 3. The Morgan fingerprint density at radius 2 is 2.32 bits per heavy atom. The van der Waals surface area contributed by atoms with Crippen molar-refractivity contribution in [2.24, 2.45) is 7.05 Å². The first kappa shape index (κ1) is 12.8. The van der Waals surface area contributed by atoms with Gasteiger partial charge in [-0.05, 0) is 19.9 Å². The lowest BCUT2D eigenvalue weighted by molar-refractivity contribution is -0.119. The summed E-state index contributed by atoms with van der Waals surface area (Å²) in [5.74, 6) is 0.145. The van der Waals surface area contributed by atoms with E-state index in [0.717, 1.165) is 5.69 Å². The van der Waals surface area contributed by atoms with Crippen molar-refractivity contribution in [3.05, 3.63) is 29.7 Å². The second-order valence-electron chi connectivity index (χ2n) is 4.24. The topological polar surface area (TPSA) is 88.5 Å². The molecule has 2 heterocycles. The van der Waals surface area contributed by atoms with Crippen LogP contribution in [0.15, 0.2) is 18.5 Å². The Morgan fingerprint density at radius 3 is 2.89 bits per heavy atom. The SMILES string of the molecule is Cc1ccn(C(C)C(=O)Nc2c(C#N)cnn2C)n1. The van der Waals surface area contributed by atoms with Crippen molar-refractivity contribution in [1.82, 2.24) is 19.6 Å². The van der Waals surface area contributed by atoms with Crippen LogP contribution in [0.5, 0.6) is 0 Å². The van der Waals surface area contributed by atoms with Gasteiger partial charge in [0.2, 0.25) is 5.91 Å². The van der Waals surface area contributed by atoms with Gasteiger partial charge in [-0.3, -0.25) is 14.2 Å². The van der Waals surface area contributed by atoms with E-state index in [0.29, 0.717) is 11.4 Å². The minimum Gasteiger partial charge on any atom is -0.308 e. The van der Waals surface area contributed by atoms with E-state index >= 15 is 0 Å². The van der Waals surface area contributed by atoms with Crippen LogP contribution in [0.1, 0.15) is 24.2 Å². The number of nitrogens with one attached hydrogen (secondary N) is 1. The van der Waals surface area contributed by atoms with Crippen molar-refractivity contribution in [2.75, 3.05) is 5.32 Å². The third-order valence-electron chi connectivity index (χ3n) is 2.82. The quantitative estimate of drug-likeness (QED) is 0.889. The third-order valence-corrected chi connectivity index (χ3v) is 2.82. The van der Waals surface area contributed by atoms with E-state index in [-0.39, 0.29) is 5.91 Å². The fourth-order valence-corrected chi connectivity index (χ4v) is 1.66. The van der Waals surface area contributed by atoms with Crippen molar-refractivity contribution >= 4 is 11.7 Å². The van der Waals surface area contributed by atoms with Crippen LogP contribution in [0.25, 0.3) is 0 Å². The molecule has 1 N–H and O–H groups in total. The molecular weight excluding hydrogens is 244 g/mol. The number of hydrogen-bond donors (Lipinski definition) is 1. The molecule has 98 valence electrons. The highest BCUT2D eigenvalue weighted by Crippen LogP contribution is 2.15. The average Bonchev–Trinajstić information content (AvgIpc) is 2.96. The lowest BCUT2D eigenvalue weighted by atomic mass is 10.3. The number of nitrogens with zero attached hydrogens (tertiary/aromatic N) is 5. The first-order valence-electron chi connectivity index (χ1n) is 5.77. The van der Waals surface area contributed by atoms with Crippen molar-refractivity contribution < 1.29 is 4.79 Å². The van der Waals surface area contributed by atoms with Crippen LogP contribution in [0.4, 0.5) is 5.82 Å². The molecule has 0 saturated heterocycles. The highest BCUT2D eigenvalue weighted by atomic mass is 16.2. The van der Waals surface area contributed by atoms with E-state index in [1.165, 1.54) is 10.9 Å². The molecule has 2 aromatic rings. The van der Waals surface area contributed by atoms with Crippen LogP contribution in [0, 0.1) is 18.3 Å². The zero-order valence-electron chi connectivity index (χ0n) is 11.0. The maximum absolute atomic E-state index is 12.1. The van der Waals surface area contributed by atoms with Crippen molar-refractivity contribution in [3.63, 3.8) is 0 Å². The molecule has 2 rings (SSSR count). The van der Waals surface area contributed by atoms with E-state index < -0.39 is 6.04 Å².